The number of anilines is 2. The van der Waals surface area contributed by atoms with E-state index in [1.54, 1.807) is 16.7 Å². The standard InChI is InChI=1S/C21H23ClFN5O3S2/c1-4-27-19(12-28(33(3,30)31)17-9-7-16(23)8-10-17)25-26-21(27)32-13-20(29)24-18-11-15(22)6-5-14(18)2/h5-11H,4,12-13H2,1-3H3,(H,24,29). The van der Waals surface area contributed by atoms with E-state index in [0.29, 0.717) is 33.9 Å². The Bertz CT molecular complexity index is 1250. The van der Waals surface area contributed by atoms with Gasteiger partial charge in [0.2, 0.25) is 15.9 Å². The third-order valence-corrected chi connectivity index (χ3v) is 7.06. The van der Waals surface area contributed by atoms with Gasteiger partial charge in [-0.15, -0.1) is 10.2 Å². The first-order valence-corrected chi connectivity index (χ1v) is 13.1. The number of rotatable bonds is 9. The maximum absolute atomic E-state index is 13.3. The first-order chi connectivity index (χ1) is 15.6. The SMILES string of the molecule is CCn1c(CN(c2ccc(F)cc2)S(C)(=O)=O)nnc1SCC(=O)Nc1cc(Cl)ccc1C. The van der Waals surface area contributed by atoms with Crippen molar-refractivity contribution >= 4 is 50.7 Å². The molecular weight excluding hydrogens is 489 g/mol. The average molecular weight is 512 g/mol. The van der Waals surface area contributed by atoms with E-state index in [-0.39, 0.29) is 18.2 Å². The molecule has 0 bridgehead atoms. The largest absolute Gasteiger partial charge is 0.325 e. The van der Waals surface area contributed by atoms with E-state index in [2.05, 4.69) is 15.5 Å². The number of nitrogens with one attached hydrogen (secondary N) is 1. The molecule has 0 fully saturated rings. The second-order valence-corrected chi connectivity index (χ2v) is 10.5. The Hall–Kier alpha value is -2.63. The summed E-state index contributed by atoms with van der Waals surface area (Å²) in [5.41, 5.74) is 1.84. The molecule has 3 aromatic rings. The first kappa shape index (κ1) is 25.0. The number of halogens is 2. The zero-order valence-corrected chi connectivity index (χ0v) is 20.6. The maximum atomic E-state index is 13.3. The molecule has 1 N–H and O–H groups in total. The normalized spacial score (nSPS) is 11.4. The van der Waals surface area contributed by atoms with Crippen LogP contribution in [-0.4, -0.2) is 41.1 Å². The second-order valence-electron chi connectivity index (χ2n) is 7.19. The van der Waals surface area contributed by atoms with Crippen LogP contribution in [0.5, 0.6) is 0 Å². The highest BCUT2D eigenvalue weighted by atomic mass is 35.5. The summed E-state index contributed by atoms with van der Waals surface area (Å²) in [6.07, 6.45) is 1.07. The van der Waals surface area contributed by atoms with Crippen molar-refractivity contribution in [2.45, 2.75) is 32.1 Å². The maximum Gasteiger partial charge on any atom is 0.234 e. The van der Waals surface area contributed by atoms with Crippen molar-refractivity contribution in [3.8, 4) is 0 Å². The van der Waals surface area contributed by atoms with E-state index in [1.165, 1.54) is 36.0 Å². The number of hydrogen-bond acceptors (Lipinski definition) is 6. The van der Waals surface area contributed by atoms with Gasteiger partial charge in [0.15, 0.2) is 11.0 Å². The highest BCUT2D eigenvalue weighted by Gasteiger charge is 2.22. The lowest BCUT2D eigenvalue weighted by Gasteiger charge is -2.22. The number of carbonyl (C=O) groups excluding carboxylic acids is 1. The Labute approximate surface area is 201 Å². The van der Waals surface area contributed by atoms with Crippen molar-refractivity contribution in [1.29, 1.82) is 0 Å². The molecule has 1 heterocycles. The molecule has 0 aliphatic carbocycles. The molecule has 176 valence electrons. The van der Waals surface area contributed by atoms with Gasteiger partial charge >= 0.3 is 0 Å². The highest BCUT2D eigenvalue weighted by molar-refractivity contribution is 7.99. The lowest BCUT2D eigenvalue weighted by Crippen LogP contribution is -2.30. The lowest BCUT2D eigenvalue weighted by molar-refractivity contribution is -0.113. The molecule has 0 radical (unpaired) electrons. The van der Waals surface area contributed by atoms with Gasteiger partial charge in [-0.2, -0.15) is 0 Å². The van der Waals surface area contributed by atoms with Crippen LogP contribution < -0.4 is 9.62 Å². The molecule has 3 rings (SSSR count). The Kier molecular flexibility index (Phi) is 7.98. The van der Waals surface area contributed by atoms with Crippen LogP contribution in [0.2, 0.25) is 5.02 Å². The monoisotopic (exact) mass is 511 g/mol. The van der Waals surface area contributed by atoms with E-state index in [9.17, 15) is 17.6 Å². The molecule has 12 heteroatoms. The Morgan fingerprint density at radius 3 is 2.55 bits per heavy atom. The third-order valence-electron chi connectivity index (χ3n) is 4.72. The average Bonchev–Trinajstić information content (AvgIpc) is 3.14. The van der Waals surface area contributed by atoms with Crippen LogP contribution >= 0.6 is 23.4 Å². The molecule has 0 saturated heterocycles. The number of hydrogen-bond donors (Lipinski definition) is 1. The molecule has 8 nitrogen and oxygen atoms in total. The van der Waals surface area contributed by atoms with Crippen LogP contribution in [0.25, 0.3) is 0 Å². The van der Waals surface area contributed by atoms with Gasteiger partial charge in [0.1, 0.15) is 5.82 Å². The fourth-order valence-corrected chi connectivity index (χ4v) is 4.89. The summed E-state index contributed by atoms with van der Waals surface area (Å²) in [6.45, 7) is 4.13. The molecule has 0 aliphatic heterocycles. The Morgan fingerprint density at radius 2 is 1.91 bits per heavy atom. The van der Waals surface area contributed by atoms with Crippen LogP contribution in [-0.2, 0) is 27.9 Å². The number of aromatic nitrogens is 3. The fourth-order valence-electron chi connectivity index (χ4n) is 3.04. The zero-order chi connectivity index (χ0) is 24.2. The lowest BCUT2D eigenvalue weighted by atomic mass is 10.2. The topological polar surface area (TPSA) is 97.2 Å². The minimum absolute atomic E-state index is 0.0812. The molecule has 0 saturated carbocycles. The molecular formula is C21H23ClFN5O3S2. The van der Waals surface area contributed by atoms with E-state index in [0.717, 1.165) is 16.1 Å². The Balaban J connectivity index is 1.74. The first-order valence-electron chi connectivity index (χ1n) is 9.92. The summed E-state index contributed by atoms with van der Waals surface area (Å²) in [6, 6.07) is 10.4. The van der Waals surface area contributed by atoms with Crippen molar-refractivity contribution in [1.82, 2.24) is 14.8 Å². The molecule has 33 heavy (non-hydrogen) atoms. The predicted octanol–water partition coefficient (Wildman–Crippen LogP) is 4.10. The van der Waals surface area contributed by atoms with E-state index in [4.69, 9.17) is 11.6 Å². The van der Waals surface area contributed by atoms with Crippen LogP contribution in [0, 0.1) is 12.7 Å². The van der Waals surface area contributed by atoms with Crippen LogP contribution in [0.3, 0.4) is 0 Å². The summed E-state index contributed by atoms with van der Waals surface area (Å²) in [5, 5.41) is 12.1. The number of sulfonamides is 1. The number of aryl methyl sites for hydroxylation is 1. The highest BCUT2D eigenvalue weighted by Crippen LogP contribution is 2.24. The van der Waals surface area contributed by atoms with Gasteiger partial charge in [0.25, 0.3) is 0 Å². The summed E-state index contributed by atoms with van der Waals surface area (Å²) in [5.74, 6) is -0.214. The van der Waals surface area contributed by atoms with Crippen molar-refractivity contribution in [2.75, 3.05) is 21.6 Å². The summed E-state index contributed by atoms with van der Waals surface area (Å²) in [4.78, 5) is 12.4. The van der Waals surface area contributed by atoms with Gasteiger partial charge in [-0.25, -0.2) is 12.8 Å². The van der Waals surface area contributed by atoms with Gasteiger partial charge in [0.05, 0.1) is 24.2 Å². The van der Waals surface area contributed by atoms with Crippen LogP contribution in [0.15, 0.2) is 47.6 Å². The second kappa shape index (κ2) is 10.5. The van der Waals surface area contributed by atoms with Gasteiger partial charge < -0.3 is 9.88 Å². The smallest absolute Gasteiger partial charge is 0.234 e. The number of carbonyl (C=O) groups is 1. The van der Waals surface area contributed by atoms with Crippen LogP contribution in [0.1, 0.15) is 18.3 Å². The zero-order valence-electron chi connectivity index (χ0n) is 18.2. The molecule has 0 spiro atoms. The van der Waals surface area contributed by atoms with E-state index >= 15 is 0 Å². The van der Waals surface area contributed by atoms with E-state index < -0.39 is 15.8 Å². The van der Waals surface area contributed by atoms with Gasteiger partial charge in [-0.3, -0.25) is 9.10 Å². The fraction of sp³-hybridized carbons (Fsp3) is 0.286. The summed E-state index contributed by atoms with van der Waals surface area (Å²) in [7, 11) is -3.66. The van der Waals surface area contributed by atoms with Crippen molar-refractivity contribution in [3.63, 3.8) is 0 Å². The van der Waals surface area contributed by atoms with Crippen molar-refractivity contribution in [2.24, 2.45) is 0 Å². The molecule has 0 aliphatic rings. The number of nitrogens with zero attached hydrogens (tertiary/aromatic N) is 4. The minimum atomic E-state index is -3.66. The molecule has 0 atom stereocenters. The van der Waals surface area contributed by atoms with Gasteiger partial charge in [0, 0.05) is 17.3 Å². The van der Waals surface area contributed by atoms with Gasteiger partial charge in [-0.1, -0.05) is 29.4 Å². The van der Waals surface area contributed by atoms with Crippen molar-refractivity contribution in [3.05, 3.63) is 64.7 Å². The Morgan fingerprint density at radius 1 is 1.21 bits per heavy atom. The number of amides is 1. The summed E-state index contributed by atoms with van der Waals surface area (Å²) < 4.78 is 40.9. The number of thioether (sulfide) groups is 1. The van der Waals surface area contributed by atoms with Crippen LogP contribution in [0.4, 0.5) is 15.8 Å². The predicted molar refractivity (Wildman–Crippen MR) is 129 cm³/mol. The third kappa shape index (κ3) is 6.46. The quantitative estimate of drug-likeness (QED) is 0.434. The molecule has 0 unspecified atom stereocenters. The minimum Gasteiger partial charge on any atom is -0.325 e. The van der Waals surface area contributed by atoms with Gasteiger partial charge in [-0.05, 0) is 55.8 Å². The molecule has 1 aromatic heterocycles. The molecule has 2 aromatic carbocycles. The van der Waals surface area contributed by atoms with Crippen molar-refractivity contribution < 1.29 is 17.6 Å². The van der Waals surface area contributed by atoms with E-state index in [1.807, 2.05) is 19.9 Å². The number of benzene rings is 2. The molecule has 1 amide bonds. The summed E-state index contributed by atoms with van der Waals surface area (Å²) >= 11 is 7.19.